The minimum Gasteiger partial charge on any atom is -0.350 e. The highest BCUT2D eigenvalue weighted by Gasteiger charge is 1.87. The average molecular weight is 114 g/mol. The minimum atomic E-state index is -0.607. The van der Waals surface area contributed by atoms with Crippen LogP contribution in [0.25, 0.3) is 0 Å². The topological polar surface area (TPSA) is 55.4 Å². The van der Waals surface area contributed by atoms with Crippen LogP contribution in [0.4, 0.5) is 4.79 Å². The predicted molar refractivity (Wildman–Crippen MR) is 33.0 cm³/mol. The van der Waals surface area contributed by atoms with Gasteiger partial charge in [0.15, 0.2) is 0 Å². The van der Waals surface area contributed by atoms with Gasteiger partial charge in [-0.1, -0.05) is 6.92 Å². The van der Waals surface area contributed by atoms with E-state index in [0.29, 0.717) is 0 Å². The standard InChI is InChI=1S/C5H10N2O/c1-3-4(2)7-5(6)8/h3H2,1-2H3,(H2,6,8)/b7-4-. The maximum atomic E-state index is 10.0. The monoisotopic (exact) mass is 114 g/mol. The molecule has 0 unspecified atom stereocenters. The lowest BCUT2D eigenvalue weighted by Crippen LogP contribution is -2.06. The molecule has 8 heavy (non-hydrogen) atoms. The second kappa shape index (κ2) is 3.18. The van der Waals surface area contributed by atoms with Gasteiger partial charge < -0.3 is 5.73 Å². The van der Waals surface area contributed by atoms with Crippen LogP contribution >= 0.6 is 0 Å². The number of carbonyl (C=O) groups excluding carboxylic acids is 1. The van der Waals surface area contributed by atoms with Crippen LogP contribution in [-0.4, -0.2) is 11.7 Å². The van der Waals surface area contributed by atoms with Gasteiger partial charge in [-0.05, 0) is 13.3 Å². The predicted octanol–water partition coefficient (Wildman–Crippen LogP) is 0.936. The van der Waals surface area contributed by atoms with Crippen molar-refractivity contribution in [3.05, 3.63) is 0 Å². The van der Waals surface area contributed by atoms with Crippen LogP contribution in [0.1, 0.15) is 20.3 Å². The van der Waals surface area contributed by atoms with Crippen molar-refractivity contribution in [3.8, 4) is 0 Å². The van der Waals surface area contributed by atoms with Gasteiger partial charge >= 0.3 is 6.03 Å². The Kier molecular flexibility index (Phi) is 2.84. The van der Waals surface area contributed by atoms with Gasteiger partial charge in [-0.15, -0.1) is 0 Å². The second-order valence-corrected chi connectivity index (χ2v) is 1.54. The number of amides is 2. The lowest BCUT2D eigenvalue weighted by molar-refractivity contribution is 0.256. The first-order chi connectivity index (χ1) is 3.66. The third kappa shape index (κ3) is 3.33. The number of hydrogen-bond acceptors (Lipinski definition) is 1. The highest BCUT2D eigenvalue weighted by atomic mass is 16.2. The summed E-state index contributed by atoms with van der Waals surface area (Å²) < 4.78 is 0. The van der Waals surface area contributed by atoms with E-state index in [0.717, 1.165) is 12.1 Å². The zero-order chi connectivity index (χ0) is 6.57. The molecule has 3 heteroatoms. The molecule has 0 aliphatic carbocycles. The fourth-order valence-electron chi connectivity index (χ4n) is 0.267. The van der Waals surface area contributed by atoms with Crippen molar-refractivity contribution in [2.24, 2.45) is 10.7 Å². The normalized spacial score (nSPS) is 11.5. The lowest BCUT2D eigenvalue weighted by Gasteiger charge is -1.87. The molecule has 0 aliphatic rings. The van der Waals surface area contributed by atoms with E-state index in [9.17, 15) is 4.79 Å². The fourth-order valence-corrected chi connectivity index (χ4v) is 0.267. The van der Waals surface area contributed by atoms with Crippen LogP contribution in [0.5, 0.6) is 0 Å². The molecule has 0 heterocycles. The van der Waals surface area contributed by atoms with Crippen LogP contribution in [-0.2, 0) is 0 Å². The molecule has 46 valence electrons. The van der Waals surface area contributed by atoms with E-state index < -0.39 is 6.03 Å². The van der Waals surface area contributed by atoms with Crippen LogP contribution < -0.4 is 5.73 Å². The smallest absolute Gasteiger partial charge is 0.338 e. The number of aliphatic imine (C=N–C) groups is 1. The Morgan fingerprint density at radius 1 is 1.75 bits per heavy atom. The molecule has 0 atom stereocenters. The van der Waals surface area contributed by atoms with Crippen molar-refractivity contribution in [2.45, 2.75) is 20.3 Å². The van der Waals surface area contributed by atoms with Gasteiger partial charge in [-0.2, -0.15) is 0 Å². The fraction of sp³-hybridized carbons (Fsp3) is 0.600. The average Bonchev–Trinajstić information content (AvgIpc) is 1.65. The molecule has 0 saturated heterocycles. The number of nitrogens with two attached hydrogens (primary N) is 1. The van der Waals surface area contributed by atoms with Crippen molar-refractivity contribution in [3.63, 3.8) is 0 Å². The Morgan fingerprint density at radius 3 is 2.38 bits per heavy atom. The van der Waals surface area contributed by atoms with E-state index in [4.69, 9.17) is 5.73 Å². The molecular weight excluding hydrogens is 104 g/mol. The van der Waals surface area contributed by atoms with Crippen LogP contribution in [0, 0.1) is 0 Å². The van der Waals surface area contributed by atoms with Crippen LogP contribution in [0.15, 0.2) is 4.99 Å². The Morgan fingerprint density at radius 2 is 2.25 bits per heavy atom. The van der Waals surface area contributed by atoms with E-state index in [1.807, 2.05) is 6.92 Å². The van der Waals surface area contributed by atoms with Crippen molar-refractivity contribution in [1.29, 1.82) is 0 Å². The molecule has 2 amide bonds. The summed E-state index contributed by atoms with van der Waals surface area (Å²) in [6, 6.07) is -0.607. The first-order valence-corrected chi connectivity index (χ1v) is 2.50. The Labute approximate surface area is 48.6 Å². The zero-order valence-electron chi connectivity index (χ0n) is 5.14. The largest absolute Gasteiger partial charge is 0.350 e. The summed E-state index contributed by atoms with van der Waals surface area (Å²) in [6.07, 6.45) is 0.781. The van der Waals surface area contributed by atoms with Crippen molar-refractivity contribution in [1.82, 2.24) is 0 Å². The van der Waals surface area contributed by atoms with E-state index >= 15 is 0 Å². The summed E-state index contributed by atoms with van der Waals surface area (Å²) >= 11 is 0. The van der Waals surface area contributed by atoms with E-state index in [1.54, 1.807) is 6.92 Å². The van der Waals surface area contributed by atoms with Crippen LogP contribution in [0.3, 0.4) is 0 Å². The highest BCUT2D eigenvalue weighted by molar-refractivity contribution is 5.92. The summed E-state index contributed by atoms with van der Waals surface area (Å²) in [7, 11) is 0. The molecule has 2 N–H and O–H groups in total. The molecule has 0 aromatic carbocycles. The molecule has 0 aromatic heterocycles. The van der Waals surface area contributed by atoms with E-state index in [-0.39, 0.29) is 0 Å². The Bertz CT molecular complexity index is 118. The van der Waals surface area contributed by atoms with Gasteiger partial charge in [0.1, 0.15) is 0 Å². The summed E-state index contributed by atoms with van der Waals surface area (Å²) in [5.74, 6) is 0. The number of hydrogen-bond donors (Lipinski definition) is 1. The SMILES string of the molecule is CC/C(C)=N\C(N)=O. The number of carbonyl (C=O) groups is 1. The molecule has 0 bridgehead atoms. The molecule has 0 saturated carbocycles. The quantitative estimate of drug-likeness (QED) is 0.506. The summed E-state index contributed by atoms with van der Waals surface area (Å²) in [6.45, 7) is 3.69. The molecule has 0 spiro atoms. The number of primary amides is 1. The first-order valence-electron chi connectivity index (χ1n) is 2.50. The Balaban J connectivity index is 3.75. The van der Waals surface area contributed by atoms with Gasteiger partial charge in [0.2, 0.25) is 0 Å². The van der Waals surface area contributed by atoms with Gasteiger partial charge in [0, 0.05) is 5.71 Å². The zero-order valence-corrected chi connectivity index (χ0v) is 5.14. The maximum absolute atomic E-state index is 10.0. The van der Waals surface area contributed by atoms with E-state index in [2.05, 4.69) is 4.99 Å². The highest BCUT2D eigenvalue weighted by Crippen LogP contribution is 1.82. The summed E-state index contributed by atoms with van der Waals surface area (Å²) in [4.78, 5) is 13.5. The third-order valence-electron chi connectivity index (χ3n) is 0.813. The second-order valence-electron chi connectivity index (χ2n) is 1.54. The Hall–Kier alpha value is -0.860. The van der Waals surface area contributed by atoms with Gasteiger partial charge in [-0.25, -0.2) is 9.79 Å². The first kappa shape index (κ1) is 7.14. The van der Waals surface area contributed by atoms with Crippen molar-refractivity contribution < 1.29 is 4.79 Å². The molecule has 0 radical (unpaired) electrons. The summed E-state index contributed by atoms with van der Waals surface area (Å²) in [5.41, 5.74) is 5.52. The number of nitrogens with zero attached hydrogens (tertiary/aromatic N) is 1. The maximum Gasteiger partial charge on any atom is 0.338 e. The number of rotatable bonds is 1. The molecule has 0 aromatic rings. The molecule has 0 rings (SSSR count). The number of urea groups is 1. The van der Waals surface area contributed by atoms with Crippen molar-refractivity contribution >= 4 is 11.7 Å². The van der Waals surface area contributed by atoms with Gasteiger partial charge in [-0.3, -0.25) is 0 Å². The van der Waals surface area contributed by atoms with Gasteiger partial charge in [0.25, 0.3) is 0 Å². The third-order valence-corrected chi connectivity index (χ3v) is 0.813. The summed E-state index contributed by atoms with van der Waals surface area (Å²) in [5, 5.41) is 0. The lowest BCUT2D eigenvalue weighted by atomic mass is 10.3. The molecule has 0 fully saturated rings. The van der Waals surface area contributed by atoms with Gasteiger partial charge in [0.05, 0.1) is 0 Å². The molecular formula is C5H10N2O. The van der Waals surface area contributed by atoms with Crippen molar-refractivity contribution in [2.75, 3.05) is 0 Å². The molecule has 0 aliphatic heterocycles. The molecule has 3 nitrogen and oxygen atoms in total. The minimum absolute atomic E-state index is 0.607. The van der Waals surface area contributed by atoms with Crippen LogP contribution in [0.2, 0.25) is 0 Å². The van der Waals surface area contributed by atoms with E-state index in [1.165, 1.54) is 0 Å².